The fraction of sp³-hybridized carbons (Fsp3) is 0.273. The number of nitrogens with two attached hydrogens (primary N) is 1. The van der Waals surface area contributed by atoms with Crippen LogP contribution in [-0.2, 0) is 0 Å². The number of nitrogen functional groups attached to an aromatic ring is 1. The number of aromatic nitrogens is 3. The minimum Gasteiger partial charge on any atom is -0.399 e. The third kappa shape index (κ3) is 2.08. The van der Waals surface area contributed by atoms with Crippen LogP contribution in [-0.4, -0.2) is 14.8 Å². The van der Waals surface area contributed by atoms with Gasteiger partial charge in [0.1, 0.15) is 0 Å². The molecule has 17 heavy (non-hydrogen) atoms. The lowest BCUT2D eigenvalue weighted by Crippen LogP contribution is -2.15. The molecule has 1 aliphatic carbocycles. The molecule has 0 radical (unpaired) electrons. The summed E-state index contributed by atoms with van der Waals surface area (Å²) in [6, 6.07) is 7.88. The number of aromatic amines is 1. The third-order valence-electron chi connectivity index (χ3n) is 2.65. The number of hydrogen-bond donors (Lipinski definition) is 2. The molecule has 2 aromatic rings. The van der Waals surface area contributed by atoms with Crippen LogP contribution in [0.3, 0.4) is 0 Å². The lowest BCUT2D eigenvalue weighted by atomic mass is 10.3. The maximum Gasteiger partial charge on any atom is 0.344 e. The zero-order valence-electron chi connectivity index (χ0n) is 9.09. The summed E-state index contributed by atoms with van der Waals surface area (Å²) in [5.74, 6) is 0. The first-order chi connectivity index (χ1) is 8.24. The van der Waals surface area contributed by atoms with Gasteiger partial charge in [-0.3, -0.25) is 4.57 Å². The van der Waals surface area contributed by atoms with Gasteiger partial charge in [0.2, 0.25) is 0 Å². The minimum atomic E-state index is -0.126. The fourth-order valence-electron chi connectivity index (χ4n) is 1.70. The van der Waals surface area contributed by atoms with Crippen molar-refractivity contribution >= 4 is 17.4 Å². The summed E-state index contributed by atoms with van der Waals surface area (Å²) in [7, 11) is 0. The lowest BCUT2D eigenvalue weighted by molar-refractivity contribution is 0.642. The van der Waals surface area contributed by atoms with E-state index in [9.17, 15) is 4.79 Å². The fourth-order valence-corrected chi connectivity index (χ4v) is 2.67. The highest BCUT2D eigenvalue weighted by Gasteiger charge is 2.28. The molecule has 0 saturated heterocycles. The van der Waals surface area contributed by atoms with E-state index >= 15 is 0 Å². The minimum absolute atomic E-state index is 0.126. The molecule has 0 bridgehead atoms. The average Bonchev–Trinajstić information content (AvgIpc) is 3.05. The number of H-pyrrole nitrogens is 1. The van der Waals surface area contributed by atoms with Gasteiger partial charge in [-0.2, -0.15) is 0 Å². The van der Waals surface area contributed by atoms with Crippen molar-refractivity contribution in [2.75, 3.05) is 5.73 Å². The molecule has 1 aromatic carbocycles. The Morgan fingerprint density at radius 3 is 3.00 bits per heavy atom. The number of benzene rings is 1. The van der Waals surface area contributed by atoms with Crippen molar-refractivity contribution in [2.45, 2.75) is 28.9 Å². The molecule has 88 valence electrons. The topological polar surface area (TPSA) is 76.7 Å². The summed E-state index contributed by atoms with van der Waals surface area (Å²) in [5.41, 5.74) is 6.31. The highest BCUT2D eigenvalue weighted by Crippen LogP contribution is 2.37. The Morgan fingerprint density at radius 2 is 2.29 bits per heavy atom. The van der Waals surface area contributed by atoms with Gasteiger partial charge in [-0.25, -0.2) is 9.89 Å². The Kier molecular flexibility index (Phi) is 2.44. The maximum atomic E-state index is 11.6. The van der Waals surface area contributed by atoms with Crippen molar-refractivity contribution in [3.8, 4) is 0 Å². The van der Waals surface area contributed by atoms with Gasteiger partial charge in [-0.15, -0.1) is 5.10 Å². The van der Waals surface area contributed by atoms with Crippen LogP contribution < -0.4 is 11.4 Å². The van der Waals surface area contributed by atoms with Gasteiger partial charge >= 0.3 is 5.69 Å². The largest absolute Gasteiger partial charge is 0.399 e. The van der Waals surface area contributed by atoms with E-state index < -0.39 is 0 Å². The van der Waals surface area contributed by atoms with Crippen molar-refractivity contribution in [2.24, 2.45) is 0 Å². The maximum absolute atomic E-state index is 11.6. The van der Waals surface area contributed by atoms with Gasteiger partial charge in [-0.05, 0) is 42.8 Å². The van der Waals surface area contributed by atoms with Crippen molar-refractivity contribution < 1.29 is 0 Å². The summed E-state index contributed by atoms with van der Waals surface area (Å²) in [4.78, 5) is 12.6. The molecular formula is C11H12N4OS. The second kappa shape index (κ2) is 3.96. The molecule has 3 rings (SSSR count). The van der Waals surface area contributed by atoms with E-state index in [1.165, 1.54) is 11.8 Å². The molecule has 0 amide bonds. The molecule has 5 nitrogen and oxygen atoms in total. The monoisotopic (exact) mass is 248 g/mol. The molecule has 1 aliphatic rings. The Balaban J connectivity index is 1.92. The summed E-state index contributed by atoms with van der Waals surface area (Å²) in [5, 5.41) is 7.26. The first-order valence-electron chi connectivity index (χ1n) is 5.44. The third-order valence-corrected chi connectivity index (χ3v) is 3.61. The highest BCUT2D eigenvalue weighted by atomic mass is 32.2. The molecule has 0 aliphatic heterocycles. The van der Waals surface area contributed by atoms with E-state index in [2.05, 4.69) is 10.2 Å². The van der Waals surface area contributed by atoms with Crippen molar-refractivity contribution in [1.82, 2.24) is 14.8 Å². The summed E-state index contributed by atoms with van der Waals surface area (Å²) >= 11 is 1.46. The number of rotatable bonds is 3. The van der Waals surface area contributed by atoms with Gasteiger partial charge in [0.15, 0.2) is 5.16 Å². The zero-order chi connectivity index (χ0) is 11.8. The molecular weight excluding hydrogens is 236 g/mol. The first-order valence-corrected chi connectivity index (χ1v) is 6.26. The van der Waals surface area contributed by atoms with Crippen LogP contribution in [0.4, 0.5) is 5.69 Å². The molecule has 6 heteroatoms. The van der Waals surface area contributed by atoms with Crippen molar-refractivity contribution in [1.29, 1.82) is 0 Å². The summed E-state index contributed by atoms with van der Waals surface area (Å²) < 4.78 is 1.73. The predicted molar refractivity (Wildman–Crippen MR) is 66.1 cm³/mol. The molecule has 0 unspecified atom stereocenters. The van der Waals surface area contributed by atoms with E-state index in [-0.39, 0.29) is 5.69 Å². The molecule has 0 spiro atoms. The molecule has 1 heterocycles. The van der Waals surface area contributed by atoms with Gasteiger partial charge in [0, 0.05) is 16.6 Å². The number of nitrogens with one attached hydrogen (secondary N) is 1. The second-order valence-electron chi connectivity index (χ2n) is 4.09. The van der Waals surface area contributed by atoms with Crippen LogP contribution in [0.5, 0.6) is 0 Å². The molecule has 1 fully saturated rings. The van der Waals surface area contributed by atoms with E-state index in [1.54, 1.807) is 4.57 Å². The van der Waals surface area contributed by atoms with Gasteiger partial charge in [0.05, 0.1) is 0 Å². The summed E-state index contributed by atoms with van der Waals surface area (Å²) in [6.45, 7) is 0. The van der Waals surface area contributed by atoms with Crippen molar-refractivity contribution in [3.63, 3.8) is 0 Å². The first kappa shape index (κ1) is 10.5. The van der Waals surface area contributed by atoms with Crippen LogP contribution >= 0.6 is 11.8 Å². The molecule has 0 atom stereocenters. The standard InChI is InChI=1S/C11H12N4OS/c12-7-2-1-3-9(6-7)17-11-14-13-10(16)15(11)8-4-5-8/h1-3,6,8H,4-5,12H2,(H,13,16). The van der Waals surface area contributed by atoms with E-state index in [4.69, 9.17) is 5.73 Å². The molecule has 1 aromatic heterocycles. The quantitative estimate of drug-likeness (QED) is 0.809. The van der Waals surface area contributed by atoms with Crippen LogP contribution in [0.25, 0.3) is 0 Å². The number of anilines is 1. The lowest BCUT2D eigenvalue weighted by Gasteiger charge is -2.03. The van der Waals surface area contributed by atoms with E-state index in [0.717, 1.165) is 17.7 Å². The van der Waals surface area contributed by atoms with Gasteiger partial charge in [-0.1, -0.05) is 6.07 Å². The van der Waals surface area contributed by atoms with Gasteiger partial charge in [0.25, 0.3) is 0 Å². The van der Waals surface area contributed by atoms with Crippen LogP contribution in [0.1, 0.15) is 18.9 Å². The summed E-state index contributed by atoms with van der Waals surface area (Å²) in [6.07, 6.45) is 2.12. The highest BCUT2D eigenvalue weighted by molar-refractivity contribution is 7.99. The Labute approximate surface area is 102 Å². The van der Waals surface area contributed by atoms with E-state index in [1.807, 2.05) is 24.3 Å². The zero-order valence-corrected chi connectivity index (χ0v) is 9.91. The van der Waals surface area contributed by atoms with Crippen LogP contribution in [0.2, 0.25) is 0 Å². The number of hydrogen-bond acceptors (Lipinski definition) is 4. The smallest absolute Gasteiger partial charge is 0.344 e. The molecule has 3 N–H and O–H groups in total. The average molecular weight is 248 g/mol. The number of nitrogens with zero attached hydrogens (tertiary/aromatic N) is 2. The van der Waals surface area contributed by atoms with Crippen molar-refractivity contribution in [3.05, 3.63) is 34.7 Å². The van der Waals surface area contributed by atoms with Crippen LogP contribution in [0, 0.1) is 0 Å². The van der Waals surface area contributed by atoms with E-state index in [0.29, 0.717) is 16.9 Å². The SMILES string of the molecule is Nc1cccc(Sc2n[nH]c(=O)n2C2CC2)c1. The normalized spacial score (nSPS) is 15.1. The predicted octanol–water partition coefficient (Wildman–Crippen LogP) is 1.64. The Bertz CT molecular complexity index is 600. The van der Waals surface area contributed by atoms with Crippen LogP contribution in [0.15, 0.2) is 39.1 Å². The second-order valence-corrected chi connectivity index (χ2v) is 5.13. The Morgan fingerprint density at radius 1 is 1.47 bits per heavy atom. The van der Waals surface area contributed by atoms with Gasteiger partial charge < -0.3 is 5.73 Å². The molecule has 1 saturated carbocycles. The Hall–Kier alpha value is -1.69.